The summed E-state index contributed by atoms with van der Waals surface area (Å²) in [4.78, 5) is 24.4. The van der Waals surface area contributed by atoms with Crippen LogP contribution in [0.15, 0.2) is 24.3 Å². The molecule has 1 amide bonds. The first kappa shape index (κ1) is 21.3. The summed E-state index contributed by atoms with van der Waals surface area (Å²) in [6.07, 6.45) is 5.88. The highest BCUT2D eigenvalue weighted by molar-refractivity contribution is 5.90. The number of carbonyl (C=O) groups excluding carboxylic acids is 2. The van der Waals surface area contributed by atoms with Crippen molar-refractivity contribution < 1.29 is 23.8 Å². The van der Waals surface area contributed by atoms with Crippen molar-refractivity contribution in [3.8, 4) is 17.6 Å². The molecule has 0 saturated heterocycles. The number of nitriles is 1. The van der Waals surface area contributed by atoms with Crippen molar-refractivity contribution in [2.24, 2.45) is 0 Å². The first-order valence-electron chi connectivity index (χ1n) is 9.26. The molecule has 1 aliphatic rings. The standard InChI is InChI=1S/C21H26N2O5/c1-15(20(25)23-21(14-22)9-5-4-6-10-21)28-19(24)8-7-16-11-17(26-2)13-18(12-16)27-3/h7-8,11-13,15H,4-6,9-10H2,1-3H3,(H,23,25)/b8-7+/t15-/m1/s1. The van der Waals surface area contributed by atoms with Crippen LogP contribution in [0.4, 0.5) is 0 Å². The van der Waals surface area contributed by atoms with E-state index in [9.17, 15) is 14.9 Å². The van der Waals surface area contributed by atoms with Gasteiger partial charge in [0.05, 0.1) is 20.3 Å². The fourth-order valence-electron chi connectivity index (χ4n) is 3.11. The van der Waals surface area contributed by atoms with Crippen LogP contribution in [0, 0.1) is 11.3 Å². The Kier molecular flexibility index (Phi) is 7.44. The lowest BCUT2D eigenvalue weighted by atomic mass is 9.83. The highest BCUT2D eigenvalue weighted by atomic mass is 16.5. The Bertz CT molecular complexity index is 753. The Labute approximate surface area is 165 Å². The van der Waals surface area contributed by atoms with Gasteiger partial charge in [0.15, 0.2) is 6.10 Å². The van der Waals surface area contributed by atoms with E-state index in [4.69, 9.17) is 14.2 Å². The minimum atomic E-state index is -0.996. The third kappa shape index (κ3) is 5.74. The second-order valence-corrected chi connectivity index (χ2v) is 6.80. The second kappa shape index (κ2) is 9.79. The normalized spacial score (nSPS) is 16.6. The molecule has 0 aromatic heterocycles. The molecule has 1 N–H and O–H groups in total. The van der Waals surface area contributed by atoms with Gasteiger partial charge in [0.2, 0.25) is 0 Å². The molecule has 1 saturated carbocycles. The lowest BCUT2D eigenvalue weighted by Crippen LogP contribution is -2.52. The van der Waals surface area contributed by atoms with Crippen LogP contribution in [0.1, 0.15) is 44.6 Å². The number of hydrogen-bond donors (Lipinski definition) is 1. The minimum absolute atomic E-state index is 0.465. The highest BCUT2D eigenvalue weighted by Gasteiger charge is 2.35. The van der Waals surface area contributed by atoms with Crippen LogP contribution in [0.2, 0.25) is 0 Å². The summed E-state index contributed by atoms with van der Waals surface area (Å²) < 4.78 is 15.5. The van der Waals surface area contributed by atoms with Gasteiger partial charge in [-0.15, -0.1) is 0 Å². The molecule has 0 unspecified atom stereocenters. The quantitative estimate of drug-likeness (QED) is 0.571. The molecule has 1 aromatic carbocycles. The van der Waals surface area contributed by atoms with E-state index in [2.05, 4.69) is 11.4 Å². The summed E-state index contributed by atoms with van der Waals surface area (Å²) in [6, 6.07) is 7.41. The summed E-state index contributed by atoms with van der Waals surface area (Å²) >= 11 is 0. The third-order valence-corrected chi connectivity index (χ3v) is 4.73. The zero-order valence-electron chi connectivity index (χ0n) is 16.5. The molecule has 0 bridgehead atoms. The minimum Gasteiger partial charge on any atom is -0.497 e. The average Bonchev–Trinajstić information content (AvgIpc) is 2.72. The maximum atomic E-state index is 12.4. The van der Waals surface area contributed by atoms with Gasteiger partial charge in [-0.05, 0) is 43.5 Å². The fraction of sp³-hybridized carbons (Fsp3) is 0.476. The molecule has 1 atom stereocenters. The zero-order valence-corrected chi connectivity index (χ0v) is 16.5. The van der Waals surface area contributed by atoms with Crippen molar-refractivity contribution in [1.82, 2.24) is 5.32 Å². The molecular weight excluding hydrogens is 360 g/mol. The first-order valence-corrected chi connectivity index (χ1v) is 9.26. The number of carbonyl (C=O) groups is 2. The molecule has 2 rings (SSSR count). The van der Waals surface area contributed by atoms with E-state index >= 15 is 0 Å². The molecule has 1 aromatic rings. The van der Waals surface area contributed by atoms with Crippen molar-refractivity contribution in [2.45, 2.75) is 50.7 Å². The fourth-order valence-corrected chi connectivity index (χ4v) is 3.11. The van der Waals surface area contributed by atoms with Crippen molar-refractivity contribution >= 4 is 18.0 Å². The van der Waals surface area contributed by atoms with Gasteiger partial charge in [-0.3, -0.25) is 4.79 Å². The van der Waals surface area contributed by atoms with Crippen LogP contribution >= 0.6 is 0 Å². The van der Waals surface area contributed by atoms with Gasteiger partial charge in [-0.25, -0.2) is 4.79 Å². The molecular formula is C21H26N2O5. The van der Waals surface area contributed by atoms with Crippen molar-refractivity contribution in [2.75, 3.05) is 14.2 Å². The Hall–Kier alpha value is -3.01. The lowest BCUT2D eigenvalue weighted by Gasteiger charge is -2.32. The summed E-state index contributed by atoms with van der Waals surface area (Å²) in [7, 11) is 3.08. The van der Waals surface area contributed by atoms with Crippen molar-refractivity contribution in [3.63, 3.8) is 0 Å². The van der Waals surface area contributed by atoms with Gasteiger partial charge in [0.1, 0.15) is 17.0 Å². The topological polar surface area (TPSA) is 97.6 Å². The molecule has 150 valence electrons. The van der Waals surface area contributed by atoms with Crippen LogP contribution in [0.3, 0.4) is 0 Å². The van der Waals surface area contributed by atoms with Gasteiger partial charge < -0.3 is 19.5 Å². The summed E-state index contributed by atoms with van der Waals surface area (Å²) in [5.41, 5.74) is -0.168. The summed E-state index contributed by atoms with van der Waals surface area (Å²) in [5.74, 6) is 0.0659. The number of amides is 1. The van der Waals surface area contributed by atoms with Crippen LogP contribution in [-0.4, -0.2) is 37.7 Å². The smallest absolute Gasteiger partial charge is 0.331 e. The lowest BCUT2D eigenvalue weighted by molar-refractivity contribution is -0.150. The Morgan fingerprint density at radius 3 is 2.29 bits per heavy atom. The molecule has 7 nitrogen and oxygen atoms in total. The number of hydrogen-bond acceptors (Lipinski definition) is 6. The average molecular weight is 386 g/mol. The van der Waals surface area contributed by atoms with Crippen LogP contribution < -0.4 is 14.8 Å². The number of esters is 1. The molecule has 7 heteroatoms. The maximum Gasteiger partial charge on any atom is 0.331 e. The van der Waals surface area contributed by atoms with E-state index in [0.717, 1.165) is 19.3 Å². The van der Waals surface area contributed by atoms with Crippen LogP contribution in [0.5, 0.6) is 11.5 Å². The van der Waals surface area contributed by atoms with E-state index in [1.165, 1.54) is 27.2 Å². The van der Waals surface area contributed by atoms with Gasteiger partial charge in [0.25, 0.3) is 5.91 Å². The largest absolute Gasteiger partial charge is 0.497 e. The van der Waals surface area contributed by atoms with Gasteiger partial charge in [-0.1, -0.05) is 19.3 Å². The first-order chi connectivity index (χ1) is 13.4. The van der Waals surface area contributed by atoms with Crippen molar-refractivity contribution in [3.05, 3.63) is 29.8 Å². The summed E-state index contributed by atoms with van der Waals surface area (Å²) in [6.45, 7) is 1.49. The number of benzene rings is 1. The summed E-state index contributed by atoms with van der Waals surface area (Å²) in [5, 5.41) is 12.2. The molecule has 1 aliphatic carbocycles. The third-order valence-electron chi connectivity index (χ3n) is 4.73. The van der Waals surface area contributed by atoms with E-state index in [1.807, 2.05) is 0 Å². The van der Waals surface area contributed by atoms with Crippen LogP contribution in [0.25, 0.3) is 6.08 Å². The van der Waals surface area contributed by atoms with E-state index in [-0.39, 0.29) is 0 Å². The maximum absolute atomic E-state index is 12.4. The monoisotopic (exact) mass is 386 g/mol. The van der Waals surface area contributed by atoms with Gasteiger partial charge >= 0.3 is 5.97 Å². The SMILES string of the molecule is COc1cc(/C=C/C(=O)O[C@H](C)C(=O)NC2(C#N)CCCCC2)cc(OC)c1. The number of nitrogens with one attached hydrogen (secondary N) is 1. The van der Waals surface area contributed by atoms with Gasteiger partial charge in [-0.2, -0.15) is 5.26 Å². The van der Waals surface area contributed by atoms with E-state index in [1.54, 1.807) is 24.3 Å². The molecule has 0 heterocycles. The number of nitrogens with zero attached hydrogens (tertiary/aromatic N) is 1. The molecule has 0 aliphatic heterocycles. The Morgan fingerprint density at radius 2 is 1.75 bits per heavy atom. The predicted octanol–water partition coefficient (Wildman–Crippen LogP) is 2.99. The number of rotatable bonds is 7. The number of methoxy groups -OCH3 is 2. The predicted molar refractivity (Wildman–Crippen MR) is 104 cm³/mol. The van der Waals surface area contributed by atoms with E-state index in [0.29, 0.717) is 29.9 Å². The number of ether oxygens (including phenoxy) is 3. The van der Waals surface area contributed by atoms with Crippen molar-refractivity contribution in [1.29, 1.82) is 5.26 Å². The highest BCUT2D eigenvalue weighted by Crippen LogP contribution is 2.27. The van der Waals surface area contributed by atoms with E-state index < -0.39 is 23.5 Å². The molecule has 0 radical (unpaired) electrons. The van der Waals surface area contributed by atoms with Crippen LogP contribution in [-0.2, 0) is 14.3 Å². The second-order valence-electron chi connectivity index (χ2n) is 6.80. The van der Waals surface area contributed by atoms with Gasteiger partial charge in [0, 0.05) is 12.1 Å². The Morgan fingerprint density at radius 1 is 1.14 bits per heavy atom. The molecule has 1 fully saturated rings. The zero-order chi connectivity index (χ0) is 20.6. The molecule has 28 heavy (non-hydrogen) atoms. The Balaban J connectivity index is 1.95. The molecule has 0 spiro atoms.